The highest BCUT2D eigenvalue weighted by atomic mass is 16.5. The standard InChI is InChI=1S/C9H18O2/c1-7-5-9(11-2)4-3-8(7)6-10/h7-10H,3-6H2,1-2H3. The Balaban J connectivity index is 2.34. The summed E-state index contributed by atoms with van der Waals surface area (Å²) in [4.78, 5) is 0. The Morgan fingerprint density at radius 2 is 2.18 bits per heavy atom. The van der Waals surface area contributed by atoms with Crippen molar-refractivity contribution >= 4 is 0 Å². The Kier molecular flexibility index (Phi) is 3.34. The molecule has 0 aromatic carbocycles. The lowest BCUT2D eigenvalue weighted by Crippen LogP contribution is -2.29. The van der Waals surface area contributed by atoms with Crippen molar-refractivity contribution in [2.45, 2.75) is 32.3 Å². The van der Waals surface area contributed by atoms with E-state index in [0.29, 0.717) is 24.5 Å². The number of rotatable bonds is 2. The summed E-state index contributed by atoms with van der Waals surface area (Å²) < 4.78 is 5.27. The van der Waals surface area contributed by atoms with Gasteiger partial charge in [-0.1, -0.05) is 6.92 Å². The average Bonchev–Trinajstić information content (AvgIpc) is 2.04. The summed E-state index contributed by atoms with van der Waals surface area (Å²) in [6.07, 6.45) is 3.79. The van der Waals surface area contributed by atoms with Crippen LogP contribution in [0.4, 0.5) is 0 Å². The first-order valence-corrected chi connectivity index (χ1v) is 4.41. The van der Waals surface area contributed by atoms with Crippen molar-refractivity contribution < 1.29 is 9.84 Å². The van der Waals surface area contributed by atoms with Crippen molar-refractivity contribution in [1.82, 2.24) is 0 Å². The van der Waals surface area contributed by atoms with E-state index in [9.17, 15) is 0 Å². The zero-order valence-electron chi connectivity index (χ0n) is 7.42. The molecule has 0 saturated heterocycles. The molecule has 66 valence electrons. The van der Waals surface area contributed by atoms with Crippen LogP contribution in [0.3, 0.4) is 0 Å². The van der Waals surface area contributed by atoms with E-state index in [-0.39, 0.29) is 0 Å². The molecule has 0 aliphatic heterocycles. The van der Waals surface area contributed by atoms with Gasteiger partial charge in [0.05, 0.1) is 6.10 Å². The Morgan fingerprint density at radius 3 is 2.64 bits per heavy atom. The van der Waals surface area contributed by atoms with Gasteiger partial charge in [-0.15, -0.1) is 0 Å². The second kappa shape index (κ2) is 4.07. The monoisotopic (exact) mass is 158 g/mol. The van der Waals surface area contributed by atoms with Crippen molar-refractivity contribution in [1.29, 1.82) is 0 Å². The lowest BCUT2D eigenvalue weighted by molar-refractivity contribution is 0.0190. The predicted molar refractivity (Wildman–Crippen MR) is 44.4 cm³/mol. The minimum atomic E-state index is 0.345. The lowest BCUT2D eigenvalue weighted by Gasteiger charge is -2.32. The normalized spacial score (nSPS) is 39.0. The number of aliphatic hydroxyl groups is 1. The fourth-order valence-electron chi connectivity index (χ4n) is 1.89. The van der Waals surface area contributed by atoms with E-state index in [2.05, 4.69) is 6.92 Å². The second-order valence-electron chi connectivity index (χ2n) is 3.59. The van der Waals surface area contributed by atoms with Crippen LogP contribution in [0, 0.1) is 11.8 Å². The molecule has 0 radical (unpaired) electrons. The zero-order chi connectivity index (χ0) is 8.27. The topological polar surface area (TPSA) is 29.5 Å². The van der Waals surface area contributed by atoms with Gasteiger partial charge in [0.1, 0.15) is 0 Å². The van der Waals surface area contributed by atoms with Gasteiger partial charge in [-0.2, -0.15) is 0 Å². The average molecular weight is 158 g/mol. The van der Waals surface area contributed by atoms with Crippen molar-refractivity contribution in [3.63, 3.8) is 0 Å². The fraction of sp³-hybridized carbons (Fsp3) is 1.00. The van der Waals surface area contributed by atoms with Crippen LogP contribution in [0.1, 0.15) is 26.2 Å². The van der Waals surface area contributed by atoms with E-state index in [1.54, 1.807) is 7.11 Å². The molecule has 2 nitrogen and oxygen atoms in total. The Hall–Kier alpha value is -0.0800. The van der Waals surface area contributed by atoms with Gasteiger partial charge in [-0.05, 0) is 31.1 Å². The van der Waals surface area contributed by atoms with Crippen molar-refractivity contribution in [3.8, 4) is 0 Å². The van der Waals surface area contributed by atoms with E-state index in [1.165, 1.54) is 0 Å². The molecule has 0 heterocycles. The number of aliphatic hydroxyl groups excluding tert-OH is 1. The summed E-state index contributed by atoms with van der Waals surface area (Å²) in [7, 11) is 1.77. The van der Waals surface area contributed by atoms with Gasteiger partial charge >= 0.3 is 0 Å². The molecule has 1 fully saturated rings. The van der Waals surface area contributed by atoms with Crippen LogP contribution in [0.2, 0.25) is 0 Å². The third-order valence-electron chi connectivity index (χ3n) is 2.87. The number of ether oxygens (including phenoxy) is 1. The first-order chi connectivity index (χ1) is 5.27. The molecule has 1 aliphatic rings. The van der Waals surface area contributed by atoms with E-state index in [1.807, 2.05) is 0 Å². The van der Waals surface area contributed by atoms with Gasteiger partial charge in [-0.25, -0.2) is 0 Å². The molecule has 0 spiro atoms. The van der Waals surface area contributed by atoms with Crippen LogP contribution in [-0.2, 0) is 4.74 Å². The van der Waals surface area contributed by atoms with Gasteiger partial charge < -0.3 is 9.84 Å². The molecule has 0 aromatic heterocycles. The molecule has 3 atom stereocenters. The SMILES string of the molecule is COC1CCC(CO)C(C)C1. The highest BCUT2D eigenvalue weighted by Crippen LogP contribution is 2.30. The smallest absolute Gasteiger partial charge is 0.0574 e. The van der Waals surface area contributed by atoms with Gasteiger partial charge in [0.15, 0.2) is 0 Å². The molecule has 11 heavy (non-hydrogen) atoms. The van der Waals surface area contributed by atoms with Crippen molar-refractivity contribution in [3.05, 3.63) is 0 Å². The fourth-order valence-corrected chi connectivity index (χ4v) is 1.89. The quantitative estimate of drug-likeness (QED) is 0.658. The summed E-state index contributed by atoms with van der Waals surface area (Å²) >= 11 is 0. The molecule has 1 saturated carbocycles. The number of methoxy groups -OCH3 is 1. The summed E-state index contributed by atoms with van der Waals surface area (Å²) in [5, 5.41) is 8.98. The Labute approximate surface area is 68.6 Å². The Bertz CT molecular complexity index is 114. The molecular weight excluding hydrogens is 140 g/mol. The largest absolute Gasteiger partial charge is 0.396 e. The molecule has 3 unspecified atom stereocenters. The first kappa shape index (κ1) is 9.01. The van der Waals surface area contributed by atoms with Gasteiger partial charge in [0, 0.05) is 13.7 Å². The van der Waals surface area contributed by atoms with Crippen LogP contribution in [-0.4, -0.2) is 24.9 Å². The van der Waals surface area contributed by atoms with Gasteiger partial charge in [0.25, 0.3) is 0 Å². The third-order valence-corrected chi connectivity index (χ3v) is 2.87. The van der Waals surface area contributed by atoms with Crippen LogP contribution in [0.5, 0.6) is 0 Å². The highest BCUT2D eigenvalue weighted by molar-refractivity contribution is 4.77. The summed E-state index contributed by atoms with van der Waals surface area (Å²) in [5.41, 5.74) is 0. The lowest BCUT2D eigenvalue weighted by atomic mass is 9.79. The molecule has 1 rings (SSSR count). The predicted octanol–water partition coefficient (Wildman–Crippen LogP) is 1.43. The molecule has 1 N–H and O–H groups in total. The van der Waals surface area contributed by atoms with Gasteiger partial charge in [0.2, 0.25) is 0 Å². The second-order valence-corrected chi connectivity index (χ2v) is 3.59. The summed E-state index contributed by atoms with van der Waals surface area (Å²) in [5.74, 6) is 1.14. The van der Waals surface area contributed by atoms with E-state index in [4.69, 9.17) is 9.84 Å². The van der Waals surface area contributed by atoms with E-state index in [0.717, 1.165) is 19.3 Å². The number of hydrogen-bond donors (Lipinski definition) is 1. The minimum absolute atomic E-state index is 0.345. The maximum Gasteiger partial charge on any atom is 0.0574 e. The van der Waals surface area contributed by atoms with E-state index < -0.39 is 0 Å². The van der Waals surface area contributed by atoms with Crippen molar-refractivity contribution in [2.24, 2.45) is 11.8 Å². The highest BCUT2D eigenvalue weighted by Gasteiger charge is 2.26. The molecule has 0 amide bonds. The molecule has 0 aromatic rings. The summed E-state index contributed by atoms with van der Waals surface area (Å²) in [6.45, 7) is 2.55. The maximum absolute atomic E-state index is 8.98. The van der Waals surface area contributed by atoms with Gasteiger partial charge in [-0.3, -0.25) is 0 Å². The molecule has 2 heteroatoms. The Morgan fingerprint density at radius 1 is 1.45 bits per heavy atom. The first-order valence-electron chi connectivity index (χ1n) is 4.41. The van der Waals surface area contributed by atoms with Crippen LogP contribution in [0.15, 0.2) is 0 Å². The van der Waals surface area contributed by atoms with Crippen molar-refractivity contribution in [2.75, 3.05) is 13.7 Å². The molecular formula is C9H18O2. The van der Waals surface area contributed by atoms with E-state index >= 15 is 0 Å². The molecule has 1 aliphatic carbocycles. The van der Waals surface area contributed by atoms with Crippen LogP contribution in [0.25, 0.3) is 0 Å². The molecule has 0 bridgehead atoms. The van der Waals surface area contributed by atoms with Crippen LogP contribution < -0.4 is 0 Å². The zero-order valence-corrected chi connectivity index (χ0v) is 7.42. The summed E-state index contributed by atoms with van der Waals surface area (Å²) in [6, 6.07) is 0. The minimum Gasteiger partial charge on any atom is -0.396 e. The maximum atomic E-state index is 8.98. The number of hydrogen-bond acceptors (Lipinski definition) is 2. The van der Waals surface area contributed by atoms with Crippen LogP contribution >= 0.6 is 0 Å². The third kappa shape index (κ3) is 2.17.